The van der Waals surface area contributed by atoms with Gasteiger partial charge in [0.25, 0.3) is 0 Å². The number of aryl methyl sites for hydroxylation is 4. The fraction of sp³-hybridized carbons (Fsp3) is 0.0667. The monoisotopic (exact) mass is 1010 g/mol. The molecule has 16 aromatic rings. The molecule has 0 fully saturated rings. The van der Waals surface area contributed by atoms with Gasteiger partial charge in [-0.1, -0.05) is 0 Å². The number of phenolic OH excluding ortho intramolecular Hbond substituents is 12. The van der Waals surface area contributed by atoms with E-state index in [0.717, 1.165) is 24.3 Å². The van der Waals surface area contributed by atoms with E-state index in [4.69, 9.17) is 0 Å². The molecular formula is C60H32O16. The zero-order valence-electron chi connectivity index (χ0n) is 39.6. The summed E-state index contributed by atoms with van der Waals surface area (Å²) >= 11 is 0. The first-order valence-corrected chi connectivity index (χ1v) is 23.6. The molecule has 0 heterocycles. The summed E-state index contributed by atoms with van der Waals surface area (Å²) in [5, 5.41) is 137. The summed E-state index contributed by atoms with van der Waals surface area (Å²) in [5.74, 6) is -5.01. The van der Waals surface area contributed by atoms with Crippen LogP contribution in [0, 0.1) is 27.7 Å². The van der Waals surface area contributed by atoms with Gasteiger partial charge >= 0.3 is 0 Å². The molecule has 0 bridgehead atoms. The van der Waals surface area contributed by atoms with E-state index in [9.17, 15) is 80.5 Å². The molecule has 368 valence electrons. The highest BCUT2D eigenvalue weighted by Gasteiger charge is 2.35. The van der Waals surface area contributed by atoms with Gasteiger partial charge in [0.1, 0.15) is 69.0 Å². The first-order chi connectivity index (χ1) is 36.1. The van der Waals surface area contributed by atoms with E-state index in [1.165, 1.54) is 24.3 Å². The van der Waals surface area contributed by atoms with Crippen molar-refractivity contribution in [2.45, 2.75) is 27.7 Å². The third kappa shape index (κ3) is 4.40. The molecule has 16 rings (SSSR count). The Labute approximate surface area is 419 Å². The third-order valence-corrected chi connectivity index (χ3v) is 16.5. The molecule has 0 amide bonds. The molecule has 0 unspecified atom stereocenters. The maximum absolute atomic E-state index is 13.9. The maximum Gasteiger partial charge on any atom is 0.201 e. The summed E-state index contributed by atoms with van der Waals surface area (Å²) in [7, 11) is 0. The molecule has 0 saturated carbocycles. The van der Waals surface area contributed by atoms with Gasteiger partial charge in [-0.05, 0) is 95.8 Å². The normalized spacial score (nSPS) is 12.8. The minimum Gasteiger partial charge on any atom is -0.507 e. The Morgan fingerprint density at radius 1 is 0.171 bits per heavy atom. The number of hydrogen-bond donors (Lipinski definition) is 12. The van der Waals surface area contributed by atoms with Gasteiger partial charge in [-0.2, -0.15) is 0 Å². The lowest BCUT2D eigenvalue weighted by Crippen LogP contribution is -2.10. The van der Waals surface area contributed by atoms with Crippen LogP contribution in [0.4, 0.5) is 0 Å². The van der Waals surface area contributed by atoms with Crippen LogP contribution >= 0.6 is 0 Å². The first kappa shape index (κ1) is 43.1. The molecule has 16 heteroatoms. The molecule has 16 nitrogen and oxygen atoms in total. The van der Waals surface area contributed by atoms with Crippen molar-refractivity contribution in [1.82, 2.24) is 0 Å². The van der Waals surface area contributed by atoms with Crippen LogP contribution in [0.5, 0.6) is 69.0 Å². The highest BCUT2D eigenvalue weighted by atomic mass is 16.3. The van der Waals surface area contributed by atoms with E-state index in [2.05, 4.69) is 0 Å². The van der Waals surface area contributed by atoms with E-state index in [-0.39, 0.29) is 109 Å². The molecule has 12 N–H and O–H groups in total. The molecule has 0 aliphatic heterocycles. The Morgan fingerprint density at radius 2 is 0.289 bits per heavy atom. The van der Waals surface area contributed by atoms with Crippen LogP contribution in [0.3, 0.4) is 0 Å². The van der Waals surface area contributed by atoms with Gasteiger partial charge in [-0.3, -0.25) is 19.2 Å². The minimum atomic E-state index is -0.661. The number of hydrogen-bond acceptors (Lipinski definition) is 16. The van der Waals surface area contributed by atoms with Gasteiger partial charge in [-0.25, -0.2) is 0 Å². The Morgan fingerprint density at radius 3 is 0.461 bits per heavy atom. The van der Waals surface area contributed by atoms with Crippen LogP contribution < -0.4 is 21.7 Å². The molecule has 0 spiro atoms. The van der Waals surface area contributed by atoms with Crippen LogP contribution in [-0.4, -0.2) is 61.3 Å². The standard InChI is InChI=1S/2C30H16O8/c2*1-7-3-9(31)19-23-15(7)16-8(2)4-10(32)20-24(16)28-26-18(12(34)6-14(36)22(26)30(20)38)17-11(33)5-13(35)21(29(19)37)25(17)27(23)28/h2*3-6,31-36H,1-2H3. The molecule has 0 aliphatic carbocycles. The quantitative estimate of drug-likeness (QED) is 0.0496. The van der Waals surface area contributed by atoms with Crippen LogP contribution in [0.25, 0.3) is 151 Å². The Balaban J connectivity index is 0.000000133. The average Bonchev–Trinajstić information content (AvgIpc) is 3.01. The zero-order chi connectivity index (χ0) is 53.4. The van der Waals surface area contributed by atoms with Crippen molar-refractivity contribution in [3.05, 3.63) is 112 Å². The lowest BCUT2D eigenvalue weighted by Gasteiger charge is -2.25. The van der Waals surface area contributed by atoms with Crippen molar-refractivity contribution in [2.24, 2.45) is 0 Å². The van der Waals surface area contributed by atoms with E-state index in [1.54, 1.807) is 27.7 Å². The van der Waals surface area contributed by atoms with Crippen LogP contribution in [0.1, 0.15) is 22.3 Å². The zero-order valence-corrected chi connectivity index (χ0v) is 39.6. The van der Waals surface area contributed by atoms with Gasteiger partial charge < -0.3 is 61.3 Å². The van der Waals surface area contributed by atoms with Crippen LogP contribution in [0.2, 0.25) is 0 Å². The lowest BCUT2D eigenvalue weighted by molar-refractivity contribution is 0.455. The van der Waals surface area contributed by atoms with Crippen molar-refractivity contribution >= 4 is 151 Å². The number of aromatic hydroxyl groups is 12. The minimum absolute atomic E-state index is 0.0211. The number of benzene rings is 16. The van der Waals surface area contributed by atoms with E-state index in [0.29, 0.717) is 86.9 Å². The van der Waals surface area contributed by atoms with Gasteiger partial charge in [0.05, 0.1) is 43.1 Å². The smallest absolute Gasteiger partial charge is 0.201 e. The second-order valence-corrected chi connectivity index (χ2v) is 20.3. The largest absolute Gasteiger partial charge is 0.507 e. The fourth-order valence-electron chi connectivity index (χ4n) is 14.0. The van der Waals surface area contributed by atoms with Crippen LogP contribution in [-0.2, 0) is 0 Å². The summed E-state index contributed by atoms with van der Waals surface area (Å²) < 4.78 is 0. The molecule has 16 aromatic carbocycles. The summed E-state index contributed by atoms with van der Waals surface area (Å²) in [5.41, 5.74) is -0.224. The second kappa shape index (κ2) is 13.0. The highest BCUT2D eigenvalue weighted by molar-refractivity contribution is 6.53. The first-order valence-electron chi connectivity index (χ1n) is 23.6. The Bertz CT molecular complexity index is 4690. The fourth-order valence-corrected chi connectivity index (χ4v) is 14.0. The van der Waals surface area contributed by atoms with Gasteiger partial charge in [0, 0.05) is 110 Å². The highest BCUT2D eigenvalue weighted by Crippen LogP contribution is 2.59. The van der Waals surface area contributed by atoms with E-state index >= 15 is 0 Å². The Hall–Kier alpha value is -10.5. The summed E-state index contributed by atoms with van der Waals surface area (Å²) in [4.78, 5) is 55.6. The average molecular weight is 1010 g/mol. The van der Waals surface area contributed by atoms with Gasteiger partial charge in [0.2, 0.25) is 21.7 Å². The third-order valence-electron chi connectivity index (χ3n) is 16.5. The van der Waals surface area contributed by atoms with Crippen molar-refractivity contribution in [2.75, 3.05) is 0 Å². The van der Waals surface area contributed by atoms with Crippen molar-refractivity contribution in [1.29, 1.82) is 0 Å². The predicted molar refractivity (Wildman–Crippen MR) is 291 cm³/mol. The SMILES string of the molecule is Cc1cc(O)c2c(=O)c3c(O)cc(O)c4c5c(O)cc(O)c6c(=O)c7c(O)cc(C)c8c1c2c(c34)c(c78)c65.Cc1cc(O)c2c(=O)c3c(O)cc(O)c4c5c(O)cc(O)c6c(=O)c7c(O)cc(C)c8c1c2c(c34)c(c78)c65. The topological polar surface area (TPSA) is 311 Å². The number of phenols is 12. The maximum atomic E-state index is 13.9. The van der Waals surface area contributed by atoms with Gasteiger partial charge in [0.15, 0.2) is 0 Å². The van der Waals surface area contributed by atoms with Crippen molar-refractivity contribution in [3.8, 4) is 69.0 Å². The van der Waals surface area contributed by atoms with Crippen molar-refractivity contribution in [3.63, 3.8) is 0 Å². The summed E-state index contributed by atoms with van der Waals surface area (Å²) in [6.45, 7) is 7.02. The molecule has 0 aliphatic rings. The molecule has 76 heavy (non-hydrogen) atoms. The second-order valence-electron chi connectivity index (χ2n) is 20.3. The number of rotatable bonds is 0. The predicted octanol–water partition coefficient (Wildman–Crippen LogP) is 10.2. The molecule has 0 aromatic heterocycles. The van der Waals surface area contributed by atoms with E-state index < -0.39 is 67.7 Å². The van der Waals surface area contributed by atoms with Crippen molar-refractivity contribution < 1.29 is 61.3 Å². The lowest BCUT2D eigenvalue weighted by atomic mass is 9.78. The molecular weight excluding hydrogens is 977 g/mol. The molecule has 0 atom stereocenters. The molecule has 0 saturated heterocycles. The van der Waals surface area contributed by atoms with Gasteiger partial charge in [-0.15, -0.1) is 0 Å². The molecule has 0 radical (unpaired) electrons. The summed E-state index contributed by atoms with van der Waals surface area (Å²) in [6.07, 6.45) is 0. The van der Waals surface area contributed by atoms with E-state index in [1.807, 2.05) is 0 Å². The Kier molecular flexibility index (Phi) is 7.38. The summed E-state index contributed by atoms with van der Waals surface area (Å²) in [6, 6.07) is 9.72. The number of fused-ring (bicyclic) bond motifs is 4. The van der Waals surface area contributed by atoms with Crippen LogP contribution in [0.15, 0.2) is 67.7 Å².